The molecule has 0 spiro atoms. The second-order valence-electron chi connectivity index (χ2n) is 5.77. The van der Waals surface area contributed by atoms with E-state index in [4.69, 9.17) is 4.74 Å². The number of hydrogen-bond acceptors (Lipinski definition) is 2. The van der Waals surface area contributed by atoms with Gasteiger partial charge in [0.15, 0.2) is 0 Å². The van der Waals surface area contributed by atoms with Gasteiger partial charge < -0.3 is 4.74 Å². The van der Waals surface area contributed by atoms with Crippen LogP contribution in [0.5, 0.6) is 0 Å². The normalized spacial score (nSPS) is 11.7. The fourth-order valence-corrected chi connectivity index (χ4v) is 2.93. The first-order valence-electron chi connectivity index (χ1n) is 8.05. The summed E-state index contributed by atoms with van der Waals surface area (Å²) in [4.78, 5) is 11.6. The summed E-state index contributed by atoms with van der Waals surface area (Å²) in [5.74, 6) is -0.0545. The van der Waals surface area contributed by atoms with E-state index in [1.165, 1.54) is 23.8 Å². The molecule has 3 aromatic rings. The minimum absolute atomic E-state index is 0.250. The molecule has 3 aromatic carbocycles. The van der Waals surface area contributed by atoms with Crippen molar-refractivity contribution in [1.82, 2.24) is 0 Å². The second-order valence-corrected chi connectivity index (χ2v) is 5.77. The first-order valence-corrected chi connectivity index (χ1v) is 8.05. The van der Waals surface area contributed by atoms with E-state index in [1.807, 2.05) is 36.4 Å². The molecule has 1 atom stereocenters. The molecule has 120 valence electrons. The summed E-state index contributed by atoms with van der Waals surface area (Å²) in [6.45, 7) is 0. The molecule has 0 saturated heterocycles. The maximum atomic E-state index is 11.6. The van der Waals surface area contributed by atoms with E-state index < -0.39 is 0 Å². The quantitative estimate of drug-likeness (QED) is 0.629. The average Bonchev–Trinajstić information content (AvgIpc) is 2.67. The minimum Gasteiger partial charge on any atom is -0.465 e. The van der Waals surface area contributed by atoms with E-state index in [2.05, 4.69) is 48.5 Å². The van der Waals surface area contributed by atoms with Crippen molar-refractivity contribution < 1.29 is 9.53 Å². The summed E-state index contributed by atoms with van der Waals surface area (Å²) in [5, 5.41) is 0. The van der Waals surface area contributed by atoms with Crippen LogP contribution < -0.4 is 0 Å². The van der Waals surface area contributed by atoms with Crippen molar-refractivity contribution in [2.24, 2.45) is 0 Å². The van der Waals surface area contributed by atoms with E-state index >= 15 is 0 Å². The Morgan fingerprint density at radius 2 is 1.33 bits per heavy atom. The second kappa shape index (κ2) is 7.60. The van der Waals surface area contributed by atoms with Gasteiger partial charge in [0.2, 0.25) is 0 Å². The van der Waals surface area contributed by atoms with Gasteiger partial charge in [-0.1, -0.05) is 72.8 Å². The van der Waals surface area contributed by atoms with Gasteiger partial charge in [0.05, 0.1) is 12.7 Å². The van der Waals surface area contributed by atoms with Gasteiger partial charge in [-0.2, -0.15) is 0 Å². The Kier molecular flexibility index (Phi) is 5.07. The van der Waals surface area contributed by atoms with Gasteiger partial charge in [-0.05, 0) is 35.2 Å². The molecule has 1 unspecified atom stereocenters. The number of rotatable bonds is 5. The van der Waals surface area contributed by atoms with Crippen LogP contribution >= 0.6 is 0 Å². The lowest BCUT2D eigenvalue weighted by Gasteiger charge is -2.18. The van der Waals surface area contributed by atoms with Crippen molar-refractivity contribution in [3.05, 3.63) is 107 Å². The standard InChI is InChI=1S/C22H20O2/c1-24-22(23)20-14-12-19(13-15-20)21(18-10-6-3-7-11-18)16-17-8-4-2-5-9-17/h2-15,21H,16H2,1H3. The molecule has 0 fully saturated rings. The lowest BCUT2D eigenvalue weighted by atomic mass is 9.85. The van der Waals surface area contributed by atoms with Crippen molar-refractivity contribution >= 4 is 5.97 Å². The van der Waals surface area contributed by atoms with E-state index in [1.54, 1.807) is 0 Å². The van der Waals surface area contributed by atoms with Crippen LogP contribution in [0.15, 0.2) is 84.9 Å². The van der Waals surface area contributed by atoms with Crippen LogP contribution in [0.25, 0.3) is 0 Å². The molecule has 24 heavy (non-hydrogen) atoms. The maximum Gasteiger partial charge on any atom is 0.337 e. The molecule has 0 bridgehead atoms. The van der Waals surface area contributed by atoms with Gasteiger partial charge in [0.1, 0.15) is 0 Å². The first kappa shape index (κ1) is 16.0. The summed E-state index contributed by atoms with van der Waals surface area (Å²) in [6, 6.07) is 28.7. The van der Waals surface area contributed by atoms with Gasteiger partial charge in [0.25, 0.3) is 0 Å². The predicted octanol–water partition coefficient (Wildman–Crippen LogP) is 4.85. The number of methoxy groups -OCH3 is 1. The van der Waals surface area contributed by atoms with Crippen molar-refractivity contribution in [2.45, 2.75) is 12.3 Å². The van der Waals surface area contributed by atoms with Crippen molar-refractivity contribution in [2.75, 3.05) is 7.11 Å². The maximum absolute atomic E-state index is 11.6. The molecule has 0 aromatic heterocycles. The predicted molar refractivity (Wildman–Crippen MR) is 96.2 cm³/mol. The van der Waals surface area contributed by atoms with Crippen LogP contribution in [0, 0.1) is 0 Å². The van der Waals surface area contributed by atoms with Gasteiger partial charge in [0, 0.05) is 5.92 Å². The highest BCUT2D eigenvalue weighted by molar-refractivity contribution is 5.89. The molecule has 2 nitrogen and oxygen atoms in total. The summed E-state index contributed by atoms with van der Waals surface area (Å²) >= 11 is 0. The van der Waals surface area contributed by atoms with E-state index in [0.29, 0.717) is 5.56 Å². The first-order chi connectivity index (χ1) is 11.8. The molecular weight excluding hydrogens is 296 g/mol. The molecule has 2 heteroatoms. The molecule has 0 heterocycles. The lowest BCUT2D eigenvalue weighted by Crippen LogP contribution is -2.06. The zero-order valence-electron chi connectivity index (χ0n) is 13.7. The molecule has 3 rings (SSSR count). The molecule has 0 amide bonds. The Hall–Kier alpha value is -2.87. The van der Waals surface area contributed by atoms with Gasteiger partial charge in [-0.3, -0.25) is 0 Å². The molecule has 0 saturated carbocycles. The SMILES string of the molecule is COC(=O)c1ccc(C(Cc2ccccc2)c2ccccc2)cc1. The highest BCUT2D eigenvalue weighted by atomic mass is 16.5. The third-order valence-corrected chi connectivity index (χ3v) is 4.22. The fraction of sp³-hybridized carbons (Fsp3) is 0.136. The molecule has 0 N–H and O–H groups in total. The largest absolute Gasteiger partial charge is 0.465 e. The number of hydrogen-bond donors (Lipinski definition) is 0. The number of benzene rings is 3. The van der Waals surface area contributed by atoms with E-state index in [9.17, 15) is 4.79 Å². The number of carbonyl (C=O) groups excluding carboxylic acids is 1. The molecule has 0 aliphatic carbocycles. The van der Waals surface area contributed by atoms with Crippen molar-refractivity contribution in [3.63, 3.8) is 0 Å². The summed E-state index contributed by atoms with van der Waals surface area (Å²) in [6.07, 6.45) is 0.919. The molecule has 0 aliphatic rings. The Bertz CT molecular complexity index is 777. The Balaban J connectivity index is 1.94. The third-order valence-electron chi connectivity index (χ3n) is 4.22. The third kappa shape index (κ3) is 3.72. The van der Waals surface area contributed by atoms with Gasteiger partial charge >= 0.3 is 5.97 Å². The lowest BCUT2D eigenvalue weighted by molar-refractivity contribution is 0.0600. The highest BCUT2D eigenvalue weighted by Gasteiger charge is 2.15. The smallest absolute Gasteiger partial charge is 0.337 e. The monoisotopic (exact) mass is 316 g/mol. The average molecular weight is 316 g/mol. The molecule has 0 radical (unpaired) electrons. The van der Waals surface area contributed by atoms with E-state index in [0.717, 1.165) is 6.42 Å². The Morgan fingerprint density at radius 1 is 0.792 bits per heavy atom. The summed E-state index contributed by atoms with van der Waals surface area (Å²) < 4.78 is 4.78. The van der Waals surface area contributed by atoms with Crippen molar-refractivity contribution in [1.29, 1.82) is 0 Å². The highest BCUT2D eigenvalue weighted by Crippen LogP contribution is 2.28. The topological polar surface area (TPSA) is 26.3 Å². The Morgan fingerprint density at radius 3 is 1.92 bits per heavy atom. The molecular formula is C22H20O2. The van der Waals surface area contributed by atoms with Crippen LogP contribution in [0.1, 0.15) is 33.0 Å². The van der Waals surface area contributed by atoms with Crippen LogP contribution in [0.3, 0.4) is 0 Å². The minimum atomic E-state index is -0.305. The van der Waals surface area contributed by atoms with Gasteiger partial charge in [-0.25, -0.2) is 4.79 Å². The van der Waals surface area contributed by atoms with E-state index in [-0.39, 0.29) is 11.9 Å². The van der Waals surface area contributed by atoms with Gasteiger partial charge in [-0.15, -0.1) is 0 Å². The number of carbonyl (C=O) groups is 1. The van der Waals surface area contributed by atoms with Crippen LogP contribution in [-0.4, -0.2) is 13.1 Å². The zero-order chi connectivity index (χ0) is 16.8. The fourth-order valence-electron chi connectivity index (χ4n) is 2.93. The van der Waals surface area contributed by atoms with Crippen LogP contribution in [0.4, 0.5) is 0 Å². The number of ether oxygens (including phenoxy) is 1. The van der Waals surface area contributed by atoms with Crippen LogP contribution in [-0.2, 0) is 11.2 Å². The molecule has 0 aliphatic heterocycles. The summed E-state index contributed by atoms with van der Waals surface area (Å²) in [5.41, 5.74) is 4.33. The number of esters is 1. The Labute approximate surface area is 142 Å². The van der Waals surface area contributed by atoms with Crippen molar-refractivity contribution in [3.8, 4) is 0 Å². The zero-order valence-corrected chi connectivity index (χ0v) is 13.7. The van der Waals surface area contributed by atoms with Crippen LogP contribution in [0.2, 0.25) is 0 Å². The summed E-state index contributed by atoms with van der Waals surface area (Å²) in [7, 11) is 1.40.